The smallest absolute Gasteiger partial charge is 0.320 e. The predicted octanol–water partition coefficient (Wildman–Crippen LogP) is 6.19. The van der Waals surface area contributed by atoms with Crippen LogP contribution in [0.5, 0.6) is 5.75 Å². The molecule has 3 heterocycles. The van der Waals surface area contributed by atoms with E-state index in [1.54, 1.807) is 54.5 Å². The van der Waals surface area contributed by atoms with Crippen molar-refractivity contribution in [2.75, 3.05) is 87.7 Å². The number of nitrogens with zero attached hydrogens (tertiary/aromatic N) is 7. The third-order valence-electron chi connectivity index (χ3n) is 12.9. The van der Waals surface area contributed by atoms with Crippen molar-refractivity contribution in [1.82, 2.24) is 39.9 Å². The number of hydrazine groups is 1. The lowest BCUT2D eigenvalue weighted by molar-refractivity contribution is -0.131. The summed E-state index contributed by atoms with van der Waals surface area (Å²) in [4.78, 5) is 75.5. The molecule has 3 unspecified atom stereocenters. The van der Waals surface area contributed by atoms with E-state index in [4.69, 9.17) is 9.47 Å². The van der Waals surface area contributed by atoms with Crippen LogP contribution in [0, 0.1) is 11.3 Å². The van der Waals surface area contributed by atoms with Gasteiger partial charge in [-0.25, -0.2) is 9.80 Å². The van der Waals surface area contributed by atoms with Crippen LogP contribution in [0.15, 0.2) is 71.9 Å². The van der Waals surface area contributed by atoms with Crippen molar-refractivity contribution < 1.29 is 38.6 Å². The average Bonchev–Trinajstić information content (AvgIpc) is 3.63. The van der Waals surface area contributed by atoms with Crippen LogP contribution in [0.3, 0.4) is 0 Å². The molecule has 5 rings (SSSR count). The third kappa shape index (κ3) is 16.7. The average molecular weight is 996 g/mol. The second kappa shape index (κ2) is 28.2. The van der Waals surface area contributed by atoms with Gasteiger partial charge in [0.25, 0.3) is 6.47 Å². The maximum Gasteiger partial charge on any atom is 0.320 e. The summed E-state index contributed by atoms with van der Waals surface area (Å²) < 4.78 is 13.2. The first kappa shape index (κ1) is 58.4. The van der Waals surface area contributed by atoms with Gasteiger partial charge in [0.2, 0.25) is 11.8 Å². The van der Waals surface area contributed by atoms with Gasteiger partial charge in [-0.15, -0.1) is 0 Å². The van der Waals surface area contributed by atoms with Crippen molar-refractivity contribution in [3.05, 3.63) is 83.7 Å². The fourth-order valence-electron chi connectivity index (χ4n) is 9.06. The number of aromatic hydroxyl groups is 1. The minimum atomic E-state index is -0.956. The van der Waals surface area contributed by atoms with Gasteiger partial charge in [0.05, 0.1) is 24.4 Å². The number of carbonyl (C=O) groups excluding carboxylic acids is 5. The summed E-state index contributed by atoms with van der Waals surface area (Å²) in [5.41, 5.74) is 8.55. The van der Waals surface area contributed by atoms with Crippen LogP contribution in [0.25, 0.3) is 28.1 Å². The number of amides is 4. The number of aldehydes is 1. The van der Waals surface area contributed by atoms with Gasteiger partial charge in [-0.3, -0.25) is 24.8 Å². The lowest BCUT2D eigenvalue weighted by Gasteiger charge is -2.39. The topological polar surface area (TPSA) is 182 Å². The maximum atomic E-state index is 13.9. The second-order valence-electron chi connectivity index (χ2n) is 20.0. The normalized spacial score (nSPS) is 16.2. The molecular weight excluding hydrogens is 915 g/mol. The number of likely N-dealkylation sites (N-methyl/N-ethyl adjacent to an activating group) is 2. The highest BCUT2D eigenvalue weighted by molar-refractivity contribution is 5.93. The highest BCUT2D eigenvalue weighted by atomic mass is 16.5. The first-order valence-corrected chi connectivity index (χ1v) is 25.0. The summed E-state index contributed by atoms with van der Waals surface area (Å²) in [5, 5.41) is 17.0. The van der Waals surface area contributed by atoms with E-state index in [0.29, 0.717) is 75.3 Å². The molecule has 394 valence electrons. The Bertz CT molecular complexity index is 2390. The number of methoxy groups -OCH3 is 1. The van der Waals surface area contributed by atoms with Crippen LogP contribution in [0.1, 0.15) is 71.2 Å². The fourth-order valence-corrected chi connectivity index (χ4v) is 9.06. The summed E-state index contributed by atoms with van der Waals surface area (Å²) in [7, 11) is 9.14. The molecule has 2 aliphatic rings. The number of aromatic nitrogens is 1. The van der Waals surface area contributed by atoms with Crippen molar-refractivity contribution in [2.45, 2.75) is 92.0 Å². The minimum absolute atomic E-state index is 0.00858. The van der Waals surface area contributed by atoms with Gasteiger partial charge in [0.1, 0.15) is 18.1 Å². The fraction of sp³-hybridized carbons (Fsp3) is 0.527. The Morgan fingerprint density at radius 2 is 1.69 bits per heavy atom. The highest BCUT2D eigenvalue weighted by Gasteiger charge is 2.35. The van der Waals surface area contributed by atoms with Gasteiger partial charge in [0.15, 0.2) is 0 Å². The molecule has 2 aliphatic heterocycles. The Morgan fingerprint density at radius 1 is 0.986 bits per heavy atom. The minimum Gasteiger partial charge on any atom is -0.508 e. The number of ether oxygens (including phenoxy) is 2. The second-order valence-corrected chi connectivity index (χ2v) is 20.0. The number of allylic oxidation sites excluding steroid dienone is 1. The number of hydrogen-bond donors (Lipinski definition) is 3. The van der Waals surface area contributed by atoms with E-state index >= 15 is 0 Å². The van der Waals surface area contributed by atoms with Crippen LogP contribution in [0.2, 0.25) is 0 Å². The first-order valence-electron chi connectivity index (χ1n) is 25.0. The maximum absolute atomic E-state index is 13.9. The third-order valence-corrected chi connectivity index (χ3v) is 12.9. The number of hydrogen-bond acceptors (Lipinski definition) is 12. The van der Waals surface area contributed by atoms with Gasteiger partial charge in [-0.05, 0) is 112 Å². The van der Waals surface area contributed by atoms with E-state index in [2.05, 4.69) is 51.9 Å². The van der Waals surface area contributed by atoms with Gasteiger partial charge < -0.3 is 48.9 Å². The molecule has 2 aromatic carbocycles. The SMILES string of the molecule is C=CC=N/C(=C/c1c(CC(C)(C)COC=O)c2cc(-c3cc(O)cc(CC(C=O)NC(=O)C(C(C)C)N(C)C(=O)N4CCN(C(=O)/C=C/CN(C)C)CC4)c3)ccc2n1CC)C(C)OC.CN1CCCCN1. The lowest BCUT2D eigenvalue weighted by Crippen LogP contribution is -2.59. The summed E-state index contributed by atoms with van der Waals surface area (Å²) in [6.45, 7) is 21.3. The number of aryl methyl sites for hydroxylation is 1. The van der Waals surface area contributed by atoms with E-state index in [1.807, 2.05) is 84.0 Å². The number of urea groups is 1. The standard InChI is InChI=1S/C50H69N7O8.C5H12N2/c1-12-18-51-43(35(5)64-11)29-45-42(30-50(6,7)32-65-33-59)41-28-37(16-17-44(41)57(45)13-2)38-24-36(26-40(60)27-38)25-39(31-58)52-48(62)47(34(3)4)54(10)49(63)56-22-20-55(21-23-56)46(61)15-14-19-53(8)9;1-7-5-3-2-4-6-7/h12,14-18,24,26-29,31,33-35,39,47,60H,1,13,19-23,25,30,32H2,2-11H3,(H,52,62);6H,2-5H2,1H3/b15-14+,43-29+,51-18?;. The molecule has 17 nitrogen and oxygen atoms in total. The number of phenols is 1. The van der Waals surface area contributed by atoms with Crippen LogP contribution in [-0.2, 0) is 48.0 Å². The van der Waals surface area contributed by atoms with Crippen molar-refractivity contribution in [2.24, 2.45) is 16.3 Å². The highest BCUT2D eigenvalue weighted by Crippen LogP contribution is 2.37. The Kier molecular flexibility index (Phi) is 22.9. The summed E-state index contributed by atoms with van der Waals surface area (Å²) >= 11 is 0. The zero-order valence-corrected chi connectivity index (χ0v) is 44.6. The molecule has 3 aromatic rings. The molecule has 0 aliphatic carbocycles. The summed E-state index contributed by atoms with van der Waals surface area (Å²) in [5.74, 6) is -0.877. The zero-order valence-electron chi connectivity index (χ0n) is 44.6. The van der Waals surface area contributed by atoms with E-state index in [0.717, 1.165) is 34.3 Å². The summed E-state index contributed by atoms with van der Waals surface area (Å²) in [6, 6.07) is 9.06. The van der Waals surface area contributed by atoms with Crippen LogP contribution >= 0.6 is 0 Å². The number of rotatable bonds is 22. The molecule has 0 radical (unpaired) electrons. The van der Waals surface area contributed by atoms with Crippen LogP contribution in [-0.4, -0.2) is 177 Å². The van der Waals surface area contributed by atoms with Crippen LogP contribution < -0.4 is 10.7 Å². The molecule has 0 spiro atoms. The predicted molar refractivity (Wildman–Crippen MR) is 287 cm³/mol. The first-order chi connectivity index (χ1) is 34.3. The number of carbonyl (C=O) groups is 5. The van der Waals surface area contributed by atoms with Gasteiger partial charge in [-0.1, -0.05) is 58.6 Å². The quantitative estimate of drug-likeness (QED) is 0.0594. The number of piperazine rings is 1. The van der Waals surface area contributed by atoms with Crippen molar-refractivity contribution in [3.8, 4) is 16.9 Å². The molecular formula is C55H81N9O8. The van der Waals surface area contributed by atoms with E-state index in [9.17, 15) is 29.1 Å². The number of phenolic OH excluding ortho intramolecular Hbond substituents is 1. The number of nitrogens with one attached hydrogen (secondary N) is 2. The zero-order chi connectivity index (χ0) is 53.1. The lowest BCUT2D eigenvalue weighted by atomic mass is 9.85. The Balaban J connectivity index is 0.00000147. The largest absolute Gasteiger partial charge is 0.508 e. The van der Waals surface area contributed by atoms with Crippen molar-refractivity contribution in [3.63, 3.8) is 0 Å². The Labute approximate surface area is 427 Å². The Morgan fingerprint density at radius 3 is 2.26 bits per heavy atom. The molecule has 1 aromatic heterocycles. The van der Waals surface area contributed by atoms with Gasteiger partial charge in [-0.2, -0.15) is 0 Å². The van der Waals surface area contributed by atoms with Crippen molar-refractivity contribution in [1.29, 1.82) is 0 Å². The molecule has 72 heavy (non-hydrogen) atoms. The monoisotopic (exact) mass is 996 g/mol. The van der Waals surface area contributed by atoms with E-state index < -0.39 is 23.4 Å². The van der Waals surface area contributed by atoms with E-state index in [-0.39, 0.29) is 42.7 Å². The van der Waals surface area contributed by atoms with Crippen LogP contribution in [0.4, 0.5) is 4.79 Å². The van der Waals surface area contributed by atoms with E-state index in [1.165, 1.54) is 24.3 Å². The van der Waals surface area contributed by atoms with Gasteiger partial charge in [0, 0.05) is 108 Å². The number of benzene rings is 2. The number of aliphatic imine (C=N–C) groups is 1. The molecule has 17 heteroatoms. The molecule has 3 N–H and O–H groups in total. The molecule has 2 saturated heterocycles. The molecule has 4 amide bonds. The molecule has 2 fully saturated rings. The van der Waals surface area contributed by atoms with Crippen molar-refractivity contribution >= 4 is 53.8 Å². The molecule has 0 saturated carbocycles. The Hall–Kier alpha value is -6.14. The molecule has 0 bridgehead atoms. The number of fused-ring (bicyclic) bond motifs is 1. The molecule has 3 atom stereocenters. The van der Waals surface area contributed by atoms with Gasteiger partial charge >= 0.3 is 6.03 Å². The summed E-state index contributed by atoms with van der Waals surface area (Å²) in [6.07, 6.45) is 12.3.